The molecule has 1 aliphatic rings. The SMILES string of the molecule is C[C@@H]1CNC[C@H]1c1ccc(Cl)c(Cl)c1. The zero-order valence-corrected chi connectivity index (χ0v) is 9.57. The second-order valence-electron chi connectivity index (χ2n) is 3.92. The van der Waals surface area contributed by atoms with Gasteiger partial charge in [-0.15, -0.1) is 0 Å². The molecule has 0 amide bonds. The summed E-state index contributed by atoms with van der Waals surface area (Å²) in [5.74, 6) is 1.25. The molecule has 0 unspecified atom stereocenters. The van der Waals surface area contributed by atoms with Crippen LogP contribution < -0.4 is 5.32 Å². The average Bonchev–Trinajstić information content (AvgIpc) is 2.57. The smallest absolute Gasteiger partial charge is 0.0595 e. The van der Waals surface area contributed by atoms with Crippen LogP contribution in [-0.2, 0) is 0 Å². The van der Waals surface area contributed by atoms with Crippen LogP contribution in [0.1, 0.15) is 18.4 Å². The molecule has 1 aromatic carbocycles. The molecule has 3 heteroatoms. The highest BCUT2D eigenvalue weighted by Gasteiger charge is 2.24. The van der Waals surface area contributed by atoms with Gasteiger partial charge >= 0.3 is 0 Å². The fourth-order valence-electron chi connectivity index (χ4n) is 2.00. The molecule has 76 valence electrons. The first kappa shape index (κ1) is 10.3. The van der Waals surface area contributed by atoms with E-state index in [0.29, 0.717) is 21.9 Å². The van der Waals surface area contributed by atoms with Crippen LogP contribution in [0.3, 0.4) is 0 Å². The van der Waals surface area contributed by atoms with Gasteiger partial charge in [0.15, 0.2) is 0 Å². The van der Waals surface area contributed by atoms with E-state index in [0.717, 1.165) is 13.1 Å². The second-order valence-corrected chi connectivity index (χ2v) is 4.73. The third-order valence-electron chi connectivity index (χ3n) is 2.89. The summed E-state index contributed by atoms with van der Waals surface area (Å²) in [6.07, 6.45) is 0. The van der Waals surface area contributed by atoms with Crippen LogP contribution in [0.4, 0.5) is 0 Å². The number of rotatable bonds is 1. The Labute approximate surface area is 94.4 Å². The van der Waals surface area contributed by atoms with E-state index in [1.54, 1.807) is 0 Å². The largest absolute Gasteiger partial charge is 0.316 e. The highest BCUT2D eigenvalue weighted by Crippen LogP contribution is 2.31. The Bertz CT molecular complexity index is 338. The normalized spacial score (nSPS) is 26.8. The third kappa shape index (κ3) is 1.90. The molecular formula is C11H13Cl2N. The molecule has 0 aliphatic carbocycles. The van der Waals surface area contributed by atoms with Crippen LogP contribution in [0.5, 0.6) is 0 Å². The Hall–Kier alpha value is -0.240. The van der Waals surface area contributed by atoms with Crippen LogP contribution in [0.15, 0.2) is 18.2 Å². The van der Waals surface area contributed by atoms with E-state index >= 15 is 0 Å². The lowest BCUT2D eigenvalue weighted by atomic mass is 9.90. The summed E-state index contributed by atoms with van der Waals surface area (Å²) in [6.45, 7) is 4.39. The van der Waals surface area contributed by atoms with Gasteiger partial charge in [-0.3, -0.25) is 0 Å². The maximum atomic E-state index is 5.99. The van der Waals surface area contributed by atoms with Crippen LogP contribution >= 0.6 is 23.2 Å². The topological polar surface area (TPSA) is 12.0 Å². The Kier molecular flexibility index (Phi) is 3.01. The first-order valence-electron chi connectivity index (χ1n) is 4.84. The molecule has 1 nitrogen and oxygen atoms in total. The number of benzene rings is 1. The van der Waals surface area contributed by atoms with Crippen LogP contribution in [0, 0.1) is 5.92 Å². The lowest BCUT2D eigenvalue weighted by Gasteiger charge is -2.14. The fraction of sp³-hybridized carbons (Fsp3) is 0.455. The Morgan fingerprint density at radius 2 is 2.00 bits per heavy atom. The highest BCUT2D eigenvalue weighted by molar-refractivity contribution is 6.42. The first-order valence-corrected chi connectivity index (χ1v) is 5.59. The van der Waals surface area contributed by atoms with Gasteiger partial charge in [-0.1, -0.05) is 36.2 Å². The van der Waals surface area contributed by atoms with E-state index in [2.05, 4.69) is 18.3 Å². The third-order valence-corrected chi connectivity index (χ3v) is 3.63. The van der Waals surface area contributed by atoms with Crippen molar-refractivity contribution in [1.29, 1.82) is 0 Å². The lowest BCUT2D eigenvalue weighted by Crippen LogP contribution is -2.07. The lowest BCUT2D eigenvalue weighted by molar-refractivity contribution is 0.572. The van der Waals surface area contributed by atoms with Crippen molar-refractivity contribution >= 4 is 23.2 Å². The van der Waals surface area contributed by atoms with E-state index in [9.17, 15) is 0 Å². The standard InChI is InChI=1S/C11H13Cl2N/c1-7-5-14-6-9(7)8-2-3-10(12)11(13)4-8/h2-4,7,9,14H,5-6H2,1H3/t7-,9-/m1/s1. The molecule has 1 fully saturated rings. The molecule has 0 saturated carbocycles. The van der Waals surface area contributed by atoms with Gasteiger partial charge in [-0.2, -0.15) is 0 Å². The summed E-state index contributed by atoms with van der Waals surface area (Å²) in [5.41, 5.74) is 1.29. The number of hydrogen-bond acceptors (Lipinski definition) is 1. The predicted molar refractivity (Wildman–Crippen MR) is 61.2 cm³/mol. The van der Waals surface area contributed by atoms with E-state index in [4.69, 9.17) is 23.2 Å². The maximum Gasteiger partial charge on any atom is 0.0595 e. The molecule has 2 atom stereocenters. The van der Waals surface area contributed by atoms with Crippen molar-refractivity contribution in [3.05, 3.63) is 33.8 Å². The highest BCUT2D eigenvalue weighted by atomic mass is 35.5. The number of nitrogens with one attached hydrogen (secondary N) is 1. The second kappa shape index (κ2) is 4.09. The van der Waals surface area contributed by atoms with Crippen molar-refractivity contribution in [3.8, 4) is 0 Å². The zero-order chi connectivity index (χ0) is 10.1. The van der Waals surface area contributed by atoms with Gasteiger partial charge in [0.2, 0.25) is 0 Å². The van der Waals surface area contributed by atoms with Crippen molar-refractivity contribution in [2.24, 2.45) is 5.92 Å². The Balaban J connectivity index is 2.28. The van der Waals surface area contributed by atoms with Gasteiger partial charge in [-0.25, -0.2) is 0 Å². The van der Waals surface area contributed by atoms with Gasteiger partial charge in [0, 0.05) is 12.5 Å². The summed E-state index contributed by atoms with van der Waals surface area (Å²) < 4.78 is 0. The molecule has 1 N–H and O–H groups in total. The van der Waals surface area contributed by atoms with Crippen molar-refractivity contribution in [3.63, 3.8) is 0 Å². The van der Waals surface area contributed by atoms with Crippen LogP contribution in [0.2, 0.25) is 10.0 Å². The van der Waals surface area contributed by atoms with E-state index in [1.807, 2.05) is 12.1 Å². The summed E-state index contributed by atoms with van der Waals surface area (Å²) in [4.78, 5) is 0. The van der Waals surface area contributed by atoms with Crippen molar-refractivity contribution in [1.82, 2.24) is 5.32 Å². The number of halogens is 2. The maximum absolute atomic E-state index is 5.99. The number of hydrogen-bond donors (Lipinski definition) is 1. The molecule has 1 aromatic rings. The fourth-order valence-corrected chi connectivity index (χ4v) is 2.31. The Morgan fingerprint density at radius 3 is 2.57 bits per heavy atom. The molecule has 1 heterocycles. The Morgan fingerprint density at radius 1 is 1.21 bits per heavy atom. The van der Waals surface area contributed by atoms with Crippen molar-refractivity contribution < 1.29 is 0 Å². The molecule has 0 radical (unpaired) electrons. The zero-order valence-electron chi connectivity index (χ0n) is 8.06. The summed E-state index contributed by atoms with van der Waals surface area (Å²) >= 11 is 11.9. The monoisotopic (exact) mass is 229 g/mol. The predicted octanol–water partition coefficient (Wildman–Crippen LogP) is 3.32. The molecule has 1 aliphatic heterocycles. The molecular weight excluding hydrogens is 217 g/mol. The van der Waals surface area contributed by atoms with E-state index in [1.165, 1.54) is 5.56 Å². The van der Waals surface area contributed by atoms with Gasteiger partial charge in [-0.05, 0) is 30.2 Å². The van der Waals surface area contributed by atoms with Crippen molar-refractivity contribution in [2.75, 3.05) is 13.1 Å². The quantitative estimate of drug-likeness (QED) is 0.780. The minimum atomic E-state index is 0.574. The molecule has 2 rings (SSSR count). The minimum absolute atomic E-state index is 0.574. The molecule has 0 bridgehead atoms. The van der Waals surface area contributed by atoms with E-state index < -0.39 is 0 Å². The van der Waals surface area contributed by atoms with Gasteiger partial charge in [0.1, 0.15) is 0 Å². The van der Waals surface area contributed by atoms with Gasteiger partial charge in [0.05, 0.1) is 10.0 Å². The van der Waals surface area contributed by atoms with E-state index in [-0.39, 0.29) is 0 Å². The molecule has 0 spiro atoms. The van der Waals surface area contributed by atoms with Gasteiger partial charge in [0.25, 0.3) is 0 Å². The molecule has 14 heavy (non-hydrogen) atoms. The molecule has 1 saturated heterocycles. The summed E-state index contributed by atoms with van der Waals surface area (Å²) in [6, 6.07) is 5.94. The van der Waals surface area contributed by atoms with Crippen LogP contribution in [0.25, 0.3) is 0 Å². The van der Waals surface area contributed by atoms with Crippen molar-refractivity contribution in [2.45, 2.75) is 12.8 Å². The summed E-state index contributed by atoms with van der Waals surface area (Å²) in [5, 5.41) is 4.67. The molecule has 0 aromatic heterocycles. The van der Waals surface area contributed by atoms with Gasteiger partial charge < -0.3 is 5.32 Å². The minimum Gasteiger partial charge on any atom is -0.316 e. The van der Waals surface area contributed by atoms with Crippen LogP contribution in [-0.4, -0.2) is 13.1 Å². The average molecular weight is 230 g/mol. The first-order chi connectivity index (χ1) is 6.68. The summed E-state index contributed by atoms with van der Waals surface area (Å²) in [7, 11) is 0.